The largest absolute Gasteiger partial charge is 0.309 e. The van der Waals surface area contributed by atoms with E-state index >= 15 is 0 Å². The smallest absolute Gasteiger partial charge is 0.253 e. The van der Waals surface area contributed by atoms with Crippen molar-refractivity contribution in [1.29, 1.82) is 0 Å². The Morgan fingerprint density at radius 1 is 1.27 bits per heavy atom. The summed E-state index contributed by atoms with van der Waals surface area (Å²) in [6, 6.07) is -0.610. The molecule has 1 atom stereocenters. The van der Waals surface area contributed by atoms with E-state index in [1.807, 2.05) is 6.92 Å². The van der Waals surface area contributed by atoms with Crippen molar-refractivity contribution in [1.82, 2.24) is 5.32 Å². The fraction of sp³-hybridized carbons (Fsp3) is 1.00. The van der Waals surface area contributed by atoms with Gasteiger partial charge in [-0.15, -0.1) is 0 Å². The van der Waals surface area contributed by atoms with E-state index in [0.29, 0.717) is 13.0 Å². The molecule has 0 aromatic heterocycles. The summed E-state index contributed by atoms with van der Waals surface area (Å²) in [6.07, 6.45) is 0.300. The summed E-state index contributed by atoms with van der Waals surface area (Å²) >= 11 is 0. The van der Waals surface area contributed by atoms with Crippen LogP contribution >= 0.6 is 0 Å². The first kappa shape index (κ1) is 10.8. The van der Waals surface area contributed by atoms with Crippen LogP contribution in [0, 0.1) is 0 Å². The van der Waals surface area contributed by atoms with E-state index in [1.165, 1.54) is 0 Å². The van der Waals surface area contributed by atoms with Crippen LogP contribution in [0.4, 0.5) is 8.78 Å². The van der Waals surface area contributed by atoms with E-state index in [-0.39, 0.29) is 0 Å². The number of hydrogen-bond donors (Lipinski definition) is 1. The van der Waals surface area contributed by atoms with Crippen molar-refractivity contribution in [2.24, 2.45) is 0 Å². The van der Waals surface area contributed by atoms with Crippen LogP contribution in [-0.4, -0.2) is 19.0 Å². The molecule has 0 aliphatic carbocycles. The number of rotatable bonds is 6. The maximum atomic E-state index is 12.1. The second-order valence-corrected chi connectivity index (χ2v) is 2.66. The Kier molecular flexibility index (Phi) is 6.42. The zero-order valence-corrected chi connectivity index (χ0v) is 7.24. The highest BCUT2D eigenvalue weighted by Gasteiger charge is 2.16. The number of nitrogens with one attached hydrogen (secondary N) is 1. The maximum Gasteiger partial charge on any atom is 0.253 e. The fourth-order valence-electron chi connectivity index (χ4n) is 0.876. The van der Waals surface area contributed by atoms with Gasteiger partial charge in [0.1, 0.15) is 0 Å². The number of hydrogen-bond acceptors (Lipinski definition) is 1. The molecule has 11 heavy (non-hydrogen) atoms. The van der Waals surface area contributed by atoms with Crippen LogP contribution in [0.15, 0.2) is 0 Å². The van der Waals surface area contributed by atoms with Gasteiger partial charge in [0.25, 0.3) is 6.43 Å². The summed E-state index contributed by atoms with van der Waals surface area (Å²) in [4.78, 5) is 0. The molecule has 0 heterocycles. The van der Waals surface area contributed by atoms with E-state index < -0.39 is 12.5 Å². The van der Waals surface area contributed by atoms with Gasteiger partial charge in [-0.25, -0.2) is 8.78 Å². The molecule has 0 aromatic carbocycles. The summed E-state index contributed by atoms with van der Waals surface area (Å²) in [5.41, 5.74) is 0. The second-order valence-electron chi connectivity index (χ2n) is 2.66. The molecule has 1 N–H and O–H groups in total. The molecule has 0 aromatic rings. The van der Waals surface area contributed by atoms with Crippen LogP contribution in [0.1, 0.15) is 33.1 Å². The van der Waals surface area contributed by atoms with Crippen molar-refractivity contribution in [3.63, 3.8) is 0 Å². The first-order valence-electron chi connectivity index (χ1n) is 4.23. The minimum Gasteiger partial charge on any atom is -0.309 e. The minimum absolute atomic E-state index is 0.501. The van der Waals surface area contributed by atoms with Crippen molar-refractivity contribution < 1.29 is 8.78 Å². The molecule has 1 unspecified atom stereocenters. The molecule has 68 valence electrons. The Bertz CT molecular complexity index is 86.2. The minimum atomic E-state index is -2.23. The predicted octanol–water partition coefficient (Wildman–Crippen LogP) is 2.42. The summed E-state index contributed by atoms with van der Waals surface area (Å²) in [5, 5.41) is 2.82. The van der Waals surface area contributed by atoms with Crippen LogP contribution in [0.25, 0.3) is 0 Å². The molecular weight excluding hydrogens is 148 g/mol. The van der Waals surface area contributed by atoms with E-state index in [0.717, 1.165) is 12.8 Å². The van der Waals surface area contributed by atoms with Crippen LogP contribution in [0.3, 0.4) is 0 Å². The SMILES string of the molecule is CCCCNC(CC)C(F)F. The summed E-state index contributed by atoms with van der Waals surface area (Å²) in [6.45, 7) is 4.53. The van der Waals surface area contributed by atoms with Crippen LogP contribution in [0.5, 0.6) is 0 Å². The second kappa shape index (κ2) is 6.53. The van der Waals surface area contributed by atoms with E-state index in [4.69, 9.17) is 0 Å². The van der Waals surface area contributed by atoms with Gasteiger partial charge in [-0.05, 0) is 19.4 Å². The number of halogens is 2. The zero-order valence-electron chi connectivity index (χ0n) is 7.24. The Morgan fingerprint density at radius 2 is 1.91 bits per heavy atom. The Balaban J connectivity index is 3.36. The van der Waals surface area contributed by atoms with Gasteiger partial charge in [-0.2, -0.15) is 0 Å². The van der Waals surface area contributed by atoms with E-state index in [1.54, 1.807) is 6.92 Å². The quantitative estimate of drug-likeness (QED) is 0.596. The third-order valence-electron chi connectivity index (χ3n) is 1.68. The molecular formula is C8H17F2N. The van der Waals surface area contributed by atoms with Crippen molar-refractivity contribution in [3.05, 3.63) is 0 Å². The van der Waals surface area contributed by atoms with Crippen LogP contribution in [0.2, 0.25) is 0 Å². The lowest BCUT2D eigenvalue weighted by Crippen LogP contribution is -2.35. The van der Waals surface area contributed by atoms with Gasteiger partial charge in [0.05, 0.1) is 6.04 Å². The average molecular weight is 165 g/mol. The molecule has 0 saturated carbocycles. The van der Waals surface area contributed by atoms with E-state index in [2.05, 4.69) is 5.32 Å². The lowest BCUT2D eigenvalue weighted by atomic mass is 10.2. The highest BCUT2D eigenvalue weighted by molar-refractivity contribution is 4.66. The lowest BCUT2D eigenvalue weighted by molar-refractivity contribution is 0.0963. The third-order valence-corrected chi connectivity index (χ3v) is 1.68. The Labute approximate surface area is 67.2 Å². The topological polar surface area (TPSA) is 12.0 Å². The Hall–Kier alpha value is -0.180. The fourth-order valence-corrected chi connectivity index (χ4v) is 0.876. The third kappa shape index (κ3) is 5.13. The molecule has 0 amide bonds. The van der Waals surface area contributed by atoms with Gasteiger partial charge in [-0.1, -0.05) is 20.3 Å². The van der Waals surface area contributed by atoms with E-state index in [9.17, 15) is 8.78 Å². The van der Waals surface area contributed by atoms with Gasteiger partial charge in [-0.3, -0.25) is 0 Å². The first-order chi connectivity index (χ1) is 5.22. The highest BCUT2D eigenvalue weighted by atomic mass is 19.3. The molecule has 0 aliphatic heterocycles. The number of alkyl halides is 2. The summed E-state index contributed by atoms with van der Waals surface area (Å²) in [5.74, 6) is 0. The van der Waals surface area contributed by atoms with Gasteiger partial charge in [0.2, 0.25) is 0 Å². The normalized spacial score (nSPS) is 13.9. The predicted molar refractivity (Wildman–Crippen MR) is 43.0 cm³/mol. The van der Waals surface area contributed by atoms with Gasteiger partial charge < -0.3 is 5.32 Å². The van der Waals surface area contributed by atoms with Gasteiger partial charge >= 0.3 is 0 Å². The maximum absolute atomic E-state index is 12.1. The monoisotopic (exact) mass is 165 g/mol. The van der Waals surface area contributed by atoms with Crippen molar-refractivity contribution in [2.75, 3.05) is 6.54 Å². The van der Waals surface area contributed by atoms with Gasteiger partial charge in [0.15, 0.2) is 0 Å². The average Bonchev–Trinajstić information content (AvgIpc) is 1.97. The molecule has 3 heteroatoms. The molecule has 0 aliphatic rings. The van der Waals surface area contributed by atoms with Gasteiger partial charge in [0, 0.05) is 0 Å². The lowest BCUT2D eigenvalue weighted by Gasteiger charge is -2.14. The number of unbranched alkanes of at least 4 members (excludes halogenated alkanes) is 1. The van der Waals surface area contributed by atoms with Crippen LogP contribution in [-0.2, 0) is 0 Å². The summed E-state index contributed by atoms with van der Waals surface area (Å²) in [7, 11) is 0. The molecule has 0 radical (unpaired) electrons. The molecule has 0 bridgehead atoms. The zero-order chi connectivity index (χ0) is 8.69. The van der Waals surface area contributed by atoms with Crippen molar-refractivity contribution >= 4 is 0 Å². The molecule has 0 saturated heterocycles. The molecule has 1 nitrogen and oxygen atoms in total. The molecule has 0 spiro atoms. The highest BCUT2D eigenvalue weighted by Crippen LogP contribution is 2.04. The Morgan fingerprint density at radius 3 is 2.27 bits per heavy atom. The summed E-state index contributed by atoms with van der Waals surface area (Å²) < 4.78 is 24.1. The standard InChI is InChI=1S/C8H17F2N/c1-3-5-6-11-7(4-2)8(9)10/h7-8,11H,3-6H2,1-2H3. The molecule has 0 fully saturated rings. The van der Waals surface area contributed by atoms with Crippen molar-refractivity contribution in [3.8, 4) is 0 Å². The first-order valence-corrected chi connectivity index (χ1v) is 4.23. The van der Waals surface area contributed by atoms with Crippen LogP contribution < -0.4 is 5.32 Å². The van der Waals surface area contributed by atoms with Crippen molar-refractivity contribution in [2.45, 2.75) is 45.6 Å². The molecule has 0 rings (SSSR count).